The van der Waals surface area contributed by atoms with Crippen molar-refractivity contribution in [2.24, 2.45) is 0 Å². The number of benzene rings is 2. The Morgan fingerprint density at radius 3 is 2.32 bits per heavy atom. The van der Waals surface area contributed by atoms with E-state index in [1.165, 1.54) is 18.2 Å². The van der Waals surface area contributed by atoms with E-state index in [9.17, 15) is 18.0 Å². The zero-order valence-corrected chi connectivity index (χ0v) is 11.0. The monoisotopic (exact) mass is 329 g/mol. The number of hydrogen-bond acceptors (Lipinski definition) is 1. The number of rotatable bonds is 2. The van der Waals surface area contributed by atoms with Crippen LogP contribution in [0.15, 0.2) is 40.9 Å². The van der Waals surface area contributed by atoms with Crippen molar-refractivity contribution < 1.29 is 18.0 Å². The van der Waals surface area contributed by atoms with Gasteiger partial charge in [-0.25, -0.2) is 13.2 Å². The van der Waals surface area contributed by atoms with Gasteiger partial charge < -0.3 is 5.32 Å². The summed E-state index contributed by atoms with van der Waals surface area (Å²) in [6.45, 7) is 0. The molecule has 2 rings (SSSR count). The zero-order chi connectivity index (χ0) is 14.0. The lowest BCUT2D eigenvalue weighted by molar-refractivity contribution is 0.102. The minimum absolute atomic E-state index is 0.00984. The molecule has 2 aromatic carbocycles. The van der Waals surface area contributed by atoms with Gasteiger partial charge in [0.2, 0.25) is 0 Å². The Bertz CT molecular complexity index is 626. The number of carbonyl (C=O) groups excluding carboxylic acids is 1. The summed E-state index contributed by atoms with van der Waals surface area (Å²) in [6.07, 6.45) is 0. The van der Waals surface area contributed by atoms with Crippen LogP contribution in [-0.2, 0) is 0 Å². The van der Waals surface area contributed by atoms with E-state index in [-0.39, 0.29) is 15.7 Å². The van der Waals surface area contributed by atoms with Crippen LogP contribution in [0.2, 0.25) is 0 Å². The van der Waals surface area contributed by atoms with E-state index < -0.39 is 23.4 Å². The minimum Gasteiger partial charge on any atom is -0.322 e. The third kappa shape index (κ3) is 3.14. The molecule has 0 aromatic heterocycles. The highest BCUT2D eigenvalue weighted by atomic mass is 79.9. The van der Waals surface area contributed by atoms with Crippen LogP contribution in [-0.4, -0.2) is 5.91 Å². The van der Waals surface area contributed by atoms with Crippen LogP contribution >= 0.6 is 15.9 Å². The molecule has 0 bridgehead atoms. The SMILES string of the molecule is O=C(Nc1cc(F)cc(F)c1)c1cccc(F)c1Br. The molecule has 0 aliphatic carbocycles. The first-order valence-electron chi connectivity index (χ1n) is 5.19. The molecule has 0 unspecified atom stereocenters. The van der Waals surface area contributed by atoms with Crippen molar-refractivity contribution in [2.45, 2.75) is 0 Å². The average molecular weight is 330 g/mol. The molecule has 0 radical (unpaired) electrons. The first-order valence-corrected chi connectivity index (χ1v) is 5.98. The summed E-state index contributed by atoms with van der Waals surface area (Å²) in [6, 6.07) is 6.55. The summed E-state index contributed by atoms with van der Waals surface area (Å²) >= 11 is 2.94. The average Bonchev–Trinajstić information content (AvgIpc) is 2.31. The van der Waals surface area contributed by atoms with E-state index in [2.05, 4.69) is 21.2 Å². The molecule has 0 fully saturated rings. The highest BCUT2D eigenvalue weighted by molar-refractivity contribution is 9.10. The minimum atomic E-state index is -0.811. The van der Waals surface area contributed by atoms with Gasteiger partial charge in [-0.15, -0.1) is 0 Å². The van der Waals surface area contributed by atoms with Gasteiger partial charge in [0.1, 0.15) is 17.5 Å². The van der Waals surface area contributed by atoms with Crippen LogP contribution in [0, 0.1) is 17.5 Å². The third-order valence-electron chi connectivity index (χ3n) is 2.32. The van der Waals surface area contributed by atoms with Crippen LogP contribution in [0.4, 0.5) is 18.9 Å². The van der Waals surface area contributed by atoms with E-state index in [0.717, 1.165) is 12.1 Å². The number of hydrogen-bond donors (Lipinski definition) is 1. The Kier molecular flexibility index (Phi) is 3.90. The van der Waals surface area contributed by atoms with Gasteiger partial charge >= 0.3 is 0 Å². The van der Waals surface area contributed by atoms with Gasteiger partial charge in [0.05, 0.1) is 10.0 Å². The second-order valence-corrected chi connectivity index (χ2v) is 4.51. The largest absolute Gasteiger partial charge is 0.322 e. The van der Waals surface area contributed by atoms with Gasteiger partial charge in [0.25, 0.3) is 5.91 Å². The summed E-state index contributed by atoms with van der Waals surface area (Å²) in [5.74, 6) is -2.89. The van der Waals surface area contributed by atoms with Crippen LogP contribution in [0.25, 0.3) is 0 Å². The first-order chi connectivity index (χ1) is 8.97. The summed E-state index contributed by atoms with van der Waals surface area (Å²) < 4.78 is 39.2. The van der Waals surface area contributed by atoms with E-state index in [4.69, 9.17) is 0 Å². The Morgan fingerprint density at radius 2 is 1.68 bits per heavy atom. The molecule has 98 valence electrons. The normalized spacial score (nSPS) is 10.3. The lowest BCUT2D eigenvalue weighted by Gasteiger charge is -2.07. The van der Waals surface area contributed by atoms with Crippen molar-refractivity contribution in [1.29, 1.82) is 0 Å². The maximum atomic E-state index is 13.3. The second kappa shape index (κ2) is 5.44. The predicted octanol–water partition coefficient (Wildman–Crippen LogP) is 4.12. The molecule has 1 N–H and O–H groups in total. The van der Waals surface area contributed by atoms with E-state index in [1.807, 2.05) is 0 Å². The van der Waals surface area contributed by atoms with Crippen molar-refractivity contribution in [3.63, 3.8) is 0 Å². The number of halogens is 4. The Balaban J connectivity index is 2.28. The summed E-state index contributed by atoms with van der Waals surface area (Å²) in [7, 11) is 0. The van der Waals surface area contributed by atoms with Crippen molar-refractivity contribution in [3.8, 4) is 0 Å². The van der Waals surface area contributed by atoms with Crippen molar-refractivity contribution in [3.05, 3.63) is 63.9 Å². The summed E-state index contributed by atoms with van der Waals surface area (Å²) in [5, 5.41) is 2.29. The van der Waals surface area contributed by atoms with Gasteiger partial charge in [-0.1, -0.05) is 6.07 Å². The molecule has 0 aliphatic rings. The Hall–Kier alpha value is -1.82. The van der Waals surface area contributed by atoms with Crippen LogP contribution in [0.1, 0.15) is 10.4 Å². The fourth-order valence-electron chi connectivity index (χ4n) is 1.50. The van der Waals surface area contributed by atoms with Gasteiger partial charge in [0, 0.05) is 11.8 Å². The number of amides is 1. The molecular formula is C13H7BrF3NO. The van der Waals surface area contributed by atoms with E-state index in [1.54, 1.807) is 0 Å². The van der Waals surface area contributed by atoms with Crippen molar-refractivity contribution in [2.75, 3.05) is 5.32 Å². The second-order valence-electron chi connectivity index (χ2n) is 3.71. The standard InChI is InChI=1S/C13H7BrF3NO/c14-12-10(2-1-3-11(12)17)13(19)18-9-5-7(15)4-8(16)6-9/h1-6H,(H,18,19). The van der Waals surface area contributed by atoms with Crippen molar-refractivity contribution >= 4 is 27.5 Å². The maximum Gasteiger partial charge on any atom is 0.256 e. The predicted molar refractivity (Wildman–Crippen MR) is 68.4 cm³/mol. The molecule has 0 spiro atoms. The Labute approximate surface area is 115 Å². The van der Waals surface area contributed by atoms with Gasteiger partial charge in [0.15, 0.2) is 0 Å². The molecule has 6 heteroatoms. The van der Waals surface area contributed by atoms with Crippen LogP contribution in [0.3, 0.4) is 0 Å². The zero-order valence-electron chi connectivity index (χ0n) is 9.38. The highest BCUT2D eigenvalue weighted by Crippen LogP contribution is 2.22. The van der Waals surface area contributed by atoms with E-state index in [0.29, 0.717) is 6.07 Å². The molecule has 0 saturated heterocycles. The van der Waals surface area contributed by atoms with Gasteiger partial charge in [-0.2, -0.15) is 0 Å². The van der Waals surface area contributed by atoms with Crippen molar-refractivity contribution in [1.82, 2.24) is 0 Å². The maximum absolute atomic E-state index is 13.3. The lowest BCUT2D eigenvalue weighted by atomic mass is 10.2. The van der Waals surface area contributed by atoms with Gasteiger partial charge in [-0.05, 0) is 40.2 Å². The van der Waals surface area contributed by atoms with Crippen LogP contribution in [0.5, 0.6) is 0 Å². The fraction of sp³-hybridized carbons (Fsp3) is 0. The molecule has 0 heterocycles. The molecule has 0 aliphatic heterocycles. The molecule has 2 nitrogen and oxygen atoms in total. The smallest absolute Gasteiger partial charge is 0.256 e. The van der Waals surface area contributed by atoms with E-state index >= 15 is 0 Å². The third-order valence-corrected chi connectivity index (χ3v) is 3.12. The lowest BCUT2D eigenvalue weighted by Crippen LogP contribution is -2.13. The molecule has 1 amide bonds. The fourth-order valence-corrected chi connectivity index (χ4v) is 1.95. The molecular weight excluding hydrogens is 323 g/mol. The quantitative estimate of drug-likeness (QED) is 0.882. The molecule has 19 heavy (non-hydrogen) atoms. The number of nitrogens with one attached hydrogen (secondary N) is 1. The summed E-state index contributed by atoms with van der Waals surface area (Å²) in [4.78, 5) is 11.9. The summed E-state index contributed by atoms with van der Waals surface area (Å²) in [5.41, 5.74) is -0.0108. The topological polar surface area (TPSA) is 29.1 Å². The number of carbonyl (C=O) groups is 1. The molecule has 0 atom stereocenters. The first kappa shape index (κ1) is 13.6. The Morgan fingerprint density at radius 1 is 1.05 bits per heavy atom. The van der Waals surface area contributed by atoms with Crippen LogP contribution < -0.4 is 5.32 Å². The molecule has 0 saturated carbocycles. The highest BCUT2D eigenvalue weighted by Gasteiger charge is 2.13. The number of anilines is 1. The molecule has 2 aromatic rings. The van der Waals surface area contributed by atoms with Gasteiger partial charge in [-0.3, -0.25) is 4.79 Å².